The van der Waals surface area contributed by atoms with Crippen molar-refractivity contribution in [1.29, 1.82) is 0 Å². The molecule has 1 heterocycles. The highest BCUT2D eigenvalue weighted by atomic mass is 16.5. The summed E-state index contributed by atoms with van der Waals surface area (Å²) < 4.78 is 5.17. The van der Waals surface area contributed by atoms with Crippen LogP contribution in [0.3, 0.4) is 0 Å². The average Bonchev–Trinajstić information content (AvgIpc) is 2.78. The molecule has 2 N–H and O–H groups in total. The maximum Gasteiger partial charge on any atom is 0.229 e. The molecular formula is C14H20N2O2. The van der Waals surface area contributed by atoms with Gasteiger partial charge in [0.2, 0.25) is 5.91 Å². The second-order valence-electron chi connectivity index (χ2n) is 4.81. The molecule has 2 rings (SSSR count). The van der Waals surface area contributed by atoms with Crippen molar-refractivity contribution in [2.45, 2.75) is 26.3 Å². The minimum Gasteiger partial charge on any atom is -0.497 e. The zero-order valence-corrected chi connectivity index (χ0v) is 11.1. The molecule has 1 aromatic rings. The normalized spacial score (nSPS) is 22.8. The monoisotopic (exact) mass is 248 g/mol. The molecule has 0 radical (unpaired) electrons. The molecule has 0 aromatic heterocycles. The number of rotatable bonds is 3. The number of anilines is 1. The number of ether oxygens (including phenoxy) is 1. The number of nitrogens with one attached hydrogen (secondary N) is 2. The SMILES string of the molecule is COc1ccc(C)c(NC(=O)C2CCNC2C)c1. The lowest BCUT2D eigenvalue weighted by Gasteiger charge is -2.16. The highest BCUT2D eigenvalue weighted by Gasteiger charge is 2.29. The summed E-state index contributed by atoms with van der Waals surface area (Å²) in [5.41, 5.74) is 1.88. The van der Waals surface area contributed by atoms with Gasteiger partial charge in [-0.1, -0.05) is 6.07 Å². The van der Waals surface area contributed by atoms with E-state index in [2.05, 4.69) is 17.6 Å². The van der Waals surface area contributed by atoms with Crippen LogP contribution in [0.15, 0.2) is 18.2 Å². The molecule has 0 bridgehead atoms. The molecule has 0 saturated carbocycles. The maximum absolute atomic E-state index is 12.2. The Morgan fingerprint density at radius 1 is 1.50 bits per heavy atom. The van der Waals surface area contributed by atoms with E-state index in [0.717, 1.165) is 30.0 Å². The van der Waals surface area contributed by atoms with E-state index in [0.29, 0.717) is 0 Å². The number of carbonyl (C=O) groups is 1. The summed E-state index contributed by atoms with van der Waals surface area (Å²) >= 11 is 0. The standard InChI is InChI=1S/C14H20N2O2/c1-9-4-5-11(18-3)8-13(9)16-14(17)12-6-7-15-10(12)2/h4-5,8,10,12,15H,6-7H2,1-3H3,(H,16,17). The van der Waals surface area contributed by atoms with E-state index in [-0.39, 0.29) is 17.9 Å². The first kappa shape index (κ1) is 12.9. The van der Waals surface area contributed by atoms with Gasteiger partial charge in [0, 0.05) is 17.8 Å². The molecule has 2 atom stereocenters. The highest BCUT2D eigenvalue weighted by Crippen LogP contribution is 2.24. The number of methoxy groups -OCH3 is 1. The molecule has 4 nitrogen and oxygen atoms in total. The number of amides is 1. The molecule has 2 unspecified atom stereocenters. The second kappa shape index (κ2) is 5.40. The molecule has 0 aliphatic carbocycles. The largest absolute Gasteiger partial charge is 0.497 e. The fourth-order valence-corrected chi connectivity index (χ4v) is 2.31. The first-order chi connectivity index (χ1) is 8.61. The van der Waals surface area contributed by atoms with E-state index >= 15 is 0 Å². The third kappa shape index (κ3) is 2.64. The van der Waals surface area contributed by atoms with Gasteiger partial charge in [0.15, 0.2) is 0 Å². The van der Waals surface area contributed by atoms with Gasteiger partial charge >= 0.3 is 0 Å². The molecule has 98 valence electrons. The Morgan fingerprint density at radius 3 is 2.89 bits per heavy atom. The van der Waals surface area contributed by atoms with Crippen molar-refractivity contribution in [3.63, 3.8) is 0 Å². The second-order valence-corrected chi connectivity index (χ2v) is 4.81. The zero-order valence-electron chi connectivity index (χ0n) is 11.1. The molecule has 1 aliphatic heterocycles. The average molecular weight is 248 g/mol. The van der Waals surface area contributed by atoms with E-state index < -0.39 is 0 Å². The predicted octanol–water partition coefficient (Wildman–Crippen LogP) is 1.94. The first-order valence-corrected chi connectivity index (χ1v) is 6.30. The zero-order chi connectivity index (χ0) is 13.1. The molecule has 1 aromatic carbocycles. The fourth-order valence-electron chi connectivity index (χ4n) is 2.31. The number of hydrogen-bond donors (Lipinski definition) is 2. The van der Waals surface area contributed by atoms with Crippen LogP contribution in [0.2, 0.25) is 0 Å². The summed E-state index contributed by atoms with van der Waals surface area (Å²) in [6, 6.07) is 5.95. The van der Waals surface area contributed by atoms with Crippen molar-refractivity contribution in [1.82, 2.24) is 5.32 Å². The van der Waals surface area contributed by atoms with Crippen molar-refractivity contribution < 1.29 is 9.53 Å². The van der Waals surface area contributed by atoms with Crippen LogP contribution in [-0.4, -0.2) is 25.6 Å². The van der Waals surface area contributed by atoms with E-state index in [1.54, 1.807) is 7.11 Å². The van der Waals surface area contributed by atoms with E-state index in [1.165, 1.54) is 0 Å². The molecule has 1 fully saturated rings. The van der Waals surface area contributed by atoms with Gasteiger partial charge in [0.1, 0.15) is 5.75 Å². The van der Waals surface area contributed by atoms with Crippen molar-refractivity contribution in [3.05, 3.63) is 23.8 Å². The van der Waals surface area contributed by atoms with Gasteiger partial charge in [-0.3, -0.25) is 4.79 Å². The van der Waals surface area contributed by atoms with Gasteiger partial charge in [0.05, 0.1) is 13.0 Å². The Balaban J connectivity index is 2.11. The smallest absolute Gasteiger partial charge is 0.229 e. The Labute approximate surface area is 108 Å². The van der Waals surface area contributed by atoms with E-state index in [9.17, 15) is 4.79 Å². The van der Waals surface area contributed by atoms with Crippen LogP contribution >= 0.6 is 0 Å². The molecular weight excluding hydrogens is 228 g/mol. The van der Waals surface area contributed by atoms with Crippen LogP contribution in [0.1, 0.15) is 18.9 Å². The third-order valence-electron chi connectivity index (χ3n) is 3.56. The van der Waals surface area contributed by atoms with Crippen LogP contribution in [0, 0.1) is 12.8 Å². The summed E-state index contributed by atoms with van der Waals surface area (Å²) in [7, 11) is 1.62. The van der Waals surface area contributed by atoms with Crippen LogP contribution in [0.4, 0.5) is 5.69 Å². The minimum absolute atomic E-state index is 0.0515. The van der Waals surface area contributed by atoms with Crippen LogP contribution in [-0.2, 0) is 4.79 Å². The predicted molar refractivity (Wildman–Crippen MR) is 71.9 cm³/mol. The third-order valence-corrected chi connectivity index (χ3v) is 3.56. The summed E-state index contributed by atoms with van der Waals surface area (Å²) in [6.45, 7) is 4.94. The van der Waals surface area contributed by atoms with Crippen molar-refractivity contribution in [2.75, 3.05) is 19.0 Å². The van der Waals surface area contributed by atoms with Gasteiger partial charge in [-0.2, -0.15) is 0 Å². The van der Waals surface area contributed by atoms with Gasteiger partial charge in [-0.05, 0) is 38.4 Å². The lowest BCUT2D eigenvalue weighted by Crippen LogP contribution is -2.32. The van der Waals surface area contributed by atoms with E-state index in [4.69, 9.17) is 4.74 Å². The molecule has 4 heteroatoms. The van der Waals surface area contributed by atoms with E-state index in [1.807, 2.05) is 25.1 Å². The summed E-state index contributed by atoms with van der Waals surface area (Å²) in [5.74, 6) is 0.896. The summed E-state index contributed by atoms with van der Waals surface area (Å²) in [5, 5.41) is 6.29. The van der Waals surface area contributed by atoms with Crippen LogP contribution < -0.4 is 15.4 Å². The molecule has 1 amide bonds. The number of benzene rings is 1. The lowest BCUT2D eigenvalue weighted by atomic mass is 10.0. The highest BCUT2D eigenvalue weighted by molar-refractivity contribution is 5.94. The van der Waals surface area contributed by atoms with Crippen LogP contribution in [0.25, 0.3) is 0 Å². The maximum atomic E-state index is 12.2. The van der Waals surface area contributed by atoms with Crippen molar-refractivity contribution in [3.8, 4) is 5.75 Å². The Morgan fingerprint density at radius 2 is 2.28 bits per heavy atom. The summed E-state index contributed by atoms with van der Waals surface area (Å²) in [6.07, 6.45) is 0.899. The molecule has 18 heavy (non-hydrogen) atoms. The number of carbonyl (C=O) groups excluding carboxylic acids is 1. The van der Waals surface area contributed by atoms with Gasteiger partial charge in [0.25, 0.3) is 0 Å². The minimum atomic E-state index is 0.0515. The topological polar surface area (TPSA) is 50.4 Å². The Kier molecular flexibility index (Phi) is 3.87. The molecule has 0 spiro atoms. The number of hydrogen-bond acceptors (Lipinski definition) is 3. The van der Waals surface area contributed by atoms with Crippen molar-refractivity contribution in [2.24, 2.45) is 5.92 Å². The number of aryl methyl sites for hydroxylation is 1. The van der Waals surface area contributed by atoms with Crippen molar-refractivity contribution >= 4 is 11.6 Å². The first-order valence-electron chi connectivity index (χ1n) is 6.30. The fraction of sp³-hybridized carbons (Fsp3) is 0.500. The van der Waals surface area contributed by atoms with Gasteiger partial charge < -0.3 is 15.4 Å². The van der Waals surface area contributed by atoms with Crippen LogP contribution in [0.5, 0.6) is 5.75 Å². The quantitative estimate of drug-likeness (QED) is 0.859. The molecule has 1 aliphatic rings. The van der Waals surface area contributed by atoms with Gasteiger partial charge in [-0.25, -0.2) is 0 Å². The lowest BCUT2D eigenvalue weighted by molar-refractivity contribution is -0.120. The summed E-state index contributed by atoms with van der Waals surface area (Å²) in [4.78, 5) is 12.2. The molecule has 1 saturated heterocycles. The Hall–Kier alpha value is -1.55. The Bertz CT molecular complexity index is 445. The van der Waals surface area contributed by atoms with Gasteiger partial charge in [-0.15, -0.1) is 0 Å².